The predicted octanol–water partition coefficient (Wildman–Crippen LogP) is 3.74. The lowest BCUT2D eigenvalue weighted by atomic mass is 10.1. The highest BCUT2D eigenvalue weighted by Gasteiger charge is 2.22. The quantitative estimate of drug-likeness (QED) is 0.556. The Bertz CT molecular complexity index is 1300. The van der Waals surface area contributed by atoms with E-state index in [1.54, 1.807) is 11.6 Å². The highest BCUT2D eigenvalue weighted by molar-refractivity contribution is 7.93. The van der Waals surface area contributed by atoms with E-state index in [2.05, 4.69) is 14.5 Å². The zero-order valence-electron chi connectivity index (χ0n) is 18.1. The summed E-state index contributed by atoms with van der Waals surface area (Å²) in [6, 6.07) is 9.38. The molecule has 0 fully saturated rings. The fourth-order valence-electron chi connectivity index (χ4n) is 3.46. The van der Waals surface area contributed by atoms with Crippen LogP contribution in [-0.4, -0.2) is 26.6 Å². The van der Waals surface area contributed by atoms with Gasteiger partial charge in [0.2, 0.25) is 0 Å². The van der Waals surface area contributed by atoms with Crippen LogP contribution in [0.25, 0.3) is 0 Å². The molecule has 31 heavy (non-hydrogen) atoms. The fourth-order valence-corrected chi connectivity index (χ4v) is 5.90. The summed E-state index contributed by atoms with van der Waals surface area (Å²) in [6.45, 7) is 9.75. The van der Waals surface area contributed by atoms with Crippen LogP contribution in [0.2, 0.25) is 0 Å². The Hall–Kier alpha value is -2.85. The van der Waals surface area contributed by atoms with Crippen molar-refractivity contribution in [2.24, 2.45) is 0 Å². The van der Waals surface area contributed by atoms with Gasteiger partial charge in [0.05, 0.1) is 22.5 Å². The van der Waals surface area contributed by atoms with E-state index in [1.165, 1.54) is 30.5 Å². The molecule has 10 heteroatoms. The average molecular weight is 463 g/mol. The topological polar surface area (TPSA) is 110 Å². The van der Waals surface area contributed by atoms with Crippen molar-refractivity contribution in [2.45, 2.75) is 51.0 Å². The largest absolute Gasteiger partial charge is 0.280 e. The average Bonchev–Trinajstić information content (AvgIpc) is 3.06. The van der Waals surface area contributed by atoms with E-state index in [9.17, 15) is 16.8 Å². The minimum absolute atomic E-state index is 0.0322. The van der Waals surface area contributed by atoms with E-state index in [-0.39, 0.29) is 15.5 Å². The van der Waals surface area contributed by atoms with E-state index >= 15 is 0 Å². The van der Waals surface area contributed by atoms with Gasteiger partial charge in [-0.15, -0.1) is 0 Å². The van der Waals surface area contributed by atoms with Crippen LogP contribution in [0.5, 0.6) is 0 Å². The summed E-state index contributed by atoms with van der Waals surface area (Å²) in [6.07, 6.45) is 1.30. The molecule has 1 aromatic heterocycles. The van der Waals surface area contributed by atoms with Gasteiger partial charge < -0.3 is 0 Å². The van der Waals surface area contributed by atoms with Crippen molar-refractivity contribution < 1.29 is 16.8 Å². The number of benzene rings is 2. The number of hydrogen-bond acceptors (Lipinski definition) is 5. The van der Waals surface area contributed by atoms with Crippen LogP contribution in [-0.2, 0) is 26.6 Å². The molecule has 0 saturated carbocycles. The van der Waals surface area contributed by atoms with Crippen molar-refractivity contribution >= 4 is 31.4 Å². The molecule has 3 rings (SSSR count). The summed E-state index contributed by atoms with van der Waals surface area (Å²) < 4.78 is 57.7. The molecule has 0 unspecified atom stereocenters. The molecule has 0 aliphatic carbocycles. The predicted molar refractivity (Wildman–Crippen MR) is 121 cm³/mol. The first-order valence-corrected chi connectivity index (χ1v) is 12.7. The summed E-state index contributed by atoms with van der Waals surface area (Å²) >= 11 is 0. The van der Waals surface area contributed by atoms with Crippen molar-refractivity contribution in [2.75, 3.05) is 9.44 Å². The molecule has 0 bridgehead atoms. The molecule has 0 aliphatic heterocycles. The standard InChI is InChI=1S/C21H26N4O4S2/c1-6-25-17(5)20(13-22-25)31(28,29)23-18-7-9-19(10-8-18)30(26,27)24-21-15(3)11-14(2)12-16(21)4/h7-13,23-24H,6H2,1-5H3. The third-order valence-corrected chi connectivity index (χ3v) is 7.83. The van der Waals surface area contributed by atoms with E-state index in [4.69, 9.17) is 0 Å². The molecule has 0 atom stereocenters. The van der Waals surface area contributed by atoms with Crippen molar-refractivity contribution in [3.05, 3.63) is 65.0 Å². The molecule has 2 aromatic carbocycles. The Labute approximate surface area is 183 Å². The monoisotopic (exact) mass is 462 g/mol. The summed E-state index contributed by atoms with van der Waals surface area (Å²) in [5, 5.41) is 4.06. The molecule has 2 N–H and O–H groups in total. The van der Waals surface area contributed by atoms with Gasteiger partial charge in [0.25, 0.3) is 20.0 Å². The maximum Gasteiger partial charge on any atom is 0.265 e. The first-order valence-electron chi connectivity index (χ1n) is 9.70. The maximum absolute atomic E-state index is 12.8. The molecule has 8 nitrogen and oxygen atoms in total. The lowest BCUT2D eigenvalue weighted by molar-refractivity contribution is 0.598. The molecule has 0 radical (unpaired) electrons. The smallest absolute Gasteiger partial charge is 0.265 e. The van der Waals surface area contributed by atoms with Crippen LogP contribution in [0.15, 0.2) is 52.4 Å². The van der Waals surface area contributed by atoms with Crippen LogP contribution < -0.4 is 9.44 Å². The molecular weight excluding hydrogens is 436 g/mol. The zero-order valence-corrected chi connectivity index (χ0v) is 19.7. The van der Waals surface area contributed by atoms with Crippen LogP contribution >= 0.6 is 0 Å². The van der Waals surface area contributed by atoms with E-state index in [0.717, 1.165) is 16.7 Å². The van der Waals surface area contributed by atoms with Gasteiger partial charge in [0.1, 0.15) is 4.90 Å². The molecule has 0 aliphatic rings. The molecule has 0 amide bonds. The van der Waals surface area contributed by atoms with Gasteiger partial charge in [-0.2, -0.15) is 5.10 Å². The molecule has 166 valence electrons. The van der Waals surface area contributed by atoms with Crippen LogP contribution in [0.1, 0.15) is 29.3 Å². The van der Waals surface area contributed by atoms with Crippen molar-refractivity contribution in [1.82, 2.24) is 9.78 Å². The molecule has 3 aromatic rings. The van der Waals surface area contributed by atoms with Crippen LogP contribution in [0.4, 0.5) is 11.4 Å². The number of aromatic nitrogens is 2. The summed E-state index contributed by atoms with van der Waals surface area (Å²) in [5.74, 6) is 0. The van der Waals surface area contributed by atoms with E-state index in [1.807, 2.05) is 39.8 Å². The Morgan fingerprint density at radius 2 is 1.45 bits per heavy atom. The maximum atomic E-state index is 12.8. The molecular formula is C21H26N4O4S2. The fraction of sp³-hybridized carbons (Fsp3) is 0.286. The normalized spacial score (nSPS) is 12.0. The van der Waals surface area contributed by atoms with Gasteiger partial charge in [0.15, 0.2) is 0 Å². The van der Waals surface area contributed by atoms with Crippen LogP contribution in [0, 0.1) is 27.7 Å². The second kappa shape index (κ2) is 8.35. The van der Waals surface area contributed by atoms with E-state index in [0.29, 0.717) is 17.9 Å². The lowest BCUT2D eigenvalue weighted by Gasteiger charge is -2.15. The van der Waals surface area contributed by atoms with Gasteiger partial charge in [-0.3, -0.25) is 14.1 Å². The van der Waals surface area contributed by atoms with Crippen molar-refractivity contribution in [3.8, 4) is 0 Å². The number of rotatable bonds is 7. The summed E-state index contributed by atoms with van der Waals surface area (Å²) in [5.41, 5.74) is 4.03. The first kappa shape index (κ1) is 22.8. The number of aryl methyl sites for hydroxylation is 4. The van der Waals surface area contributed by atoms with Gasteiger partial charge in [-0.1, -0.05) is 17.7 Å². The highest BCUT2D eigenvalue weighted by Crippen LogP contribution is 2.26. The van der Waals surface area contributed by atoms with Gasteiger partial charge in [0, 0.05) is 12.2 Å². The Morgan fingerprint density at radius 1 is 0.871 bits per heavy atom. The Kier molecular flexibility index (Phi) is 6.15. The zero-order chi connectivity index (χ0) is 23.0. The number of anilines is 2. The SMILES string of the molecule is CCn1ncc(S(=O)(=O)Nc2ccc(S(=O)(=O)Nc3c(C)cc(C)cc3C)cc2)c1C. The lowest BCUT2D eigenvalue weighted by Crippen LogP contribution is -2.16. The highest BCUT2D eigenvalue weighted by atomic mass is 32.2. The first-order chi connectivity index (χ1) is 14.4. The number of hydrogen-bond donors (Lipinski definition) is 2. The number of nitrogens with zero attached hydrogens (tertiary/aromatic N) is 2. The third-order valence-electron chi connectivity index (χ3n) is 4.98. The minimum Gasteiger partial charge on any atom is -0.280 e. The minimum atomic E-state index is -3.84. The van der Waals surface area contributed by atoms with Gasteiger partial charge in [-0.25, -0.2) is 16.8 Å². The van der Waals surface area contributed by atoms with E-state index < -0.39 is 20.0 Å². The van der Waals surface area contributed by atoms with Crippen molar-refractivity contribution in [3.63, 3.8) is 0 Å². The summed E-state index contributed by atoms with van der Waals surface area (Å²) in [4.78, 5) is 0.114. The molecule has 0 spiro atoms. The third kappa shape index (κ3) is 4.75. The second-order valence-corrected chi connectivity index (χ2v) is 10.8. The Balaban J connectivity index is 1.83. The van der Waals surface area contributed by atoms with Gasteiger partial charge >= 0.3 is 0 Å². The van der Waals surface area contributed by atoms with Crippen LogP contribution in [0.3, 0.4) is 0 Å². The molecule has 1 heterocycles. The number of sulfonamides is 2. The Morgan fingerprint density at radius 3 is 1.97 bits per heavy atom. The van der Waals surface area contributed by atoms with Crippen molar-refractivity contribution in [1.29, 1.82) is 0 Å². The number of nitrogens with one attached hydrogen (secondary N) is 2. The van der Waals surface area contributed by atoms with Gasteiger partial charge in [-0.05, 0) is 70.0 Å². The molecule has 0 saturated heterocycles. The second-order valence-electron chi connectivity index (χ2n) is 7.42. The summed E-state index contributed by atoms with van der Waals surface area (Å²) in [7, 11) is -7.68.